The zero-order valence-corrected chi connectivity index (χ0v) is 8.59. The maximum Gasteiger partial charge on any atom is 0.165 e. The summed E-state index contributed by atoms with van der Waals surface area (Å²) in [6.07, 6.45) is 0.528. The molecule has 2 rings (SSSR count). The van der Waals surface area contributed by atoms with E-state index < -0.39 is 5.82 Å². The fourth-order valence-corrected chi connectivity index (χ4v) is 1.80. The molecule has 1 aliphatic rings. The molecule has 1 aromatic carbocycles. The third-order valence-electron chi connectivity index (χ3n) is 2.91. The van der Waals surface area contributed by atoms with Gasteiger partial charge in [0.05, 0.1) is 5.60 Å². The summed E-state index contributed by atoms with van der Waals surface area (Å²) in [4.78, 5) is 0. The van der Waals surface area contributed by atoms with Crippen molar-refractivity contribution in [2.75, 3.05) is 20.2 Å². The molecule has 0 radical (unpaired) electrons. The number of para-hydroxylation sites is 1. The van der Waals surface area contributed by atoms with Crippen LogP contribution in [0.5, 0.6) is 5.75 Å². The minimum atomic E-state index is -0.578. The lowest BCUT2D eigenvalue weighted by Gasteiger charge is -2.41. The third kappa shape index (κ3) is 1.82. The Bertz CT molecular complexity index is 358. The molecule has 2 N–H and O–H groups in total. The topological polar surface area (TPSA) is 41.5 Å². The van der Waals surface area contributed by atoms with Crippen LogP contribution < -0.4 is 5.32 Å². The van der Waals surface area contributed by atoms with Gasteiger partial charge in [-0.05, 0) is 11.6 Å². The van der Waals surface area contributed by atoms with E-state index in [0.717, 1.165) is 13.1 Å². The van der Waals surface area contributed by atoms with Crippen LogP contribution in [0.4, 0.5) is 4.39 Å². The fourth-order valence-electron chi connectivity index (χ4n) is 1.80. The van der Waals surface area contributed by atoms with E-state index in [0.29, 0.717) is 12.0 Å². The molecule has 0 spiro atoms. The predicted molar refractivity (Wildman–Crippen MR) is 54.4 cm³/mol. The summed E-state index contributed by atoms with van der Waals surface area (Å²) in [5, 5.41) is 12.6. The van der Waals surface area contributed by atoms with Crippen molar-refractivity contribution in [2.24, 2.45) is 0 Å². The number of rotatable bonds is 3. The summed E-state index contributed by atoms with van der Waals surface area (Å²) in [6.45, 7) is 1.47. The van der Waals surface area contributed by atoms with E-state index in [1.807, 2.05) is 0 Å². The van der Waals surface area contributed by atoms with Gasteiger partial charge in [0.1, 0.15) is 0 Å². The molecule has 4 heteroatoms. The van der Waals surface area contributed by atoms with Gasteiger partial charge in [0.2, 0.25) is 0 Å². The second-order valence-corrected chi connectivity index (χ2v) is 3.92. The van der Waals surface area contributed by atoms with Crippen LogP contribution in [-0.2, 0) is 11.2 Å². The van der Waals surface area contributed by atoms with E-state index in [4.69, 9.17) is 4.74 Å². The molecule has 0 amide bonds. The molecule has 1 aliphatic heterocycles. The SMILES string of the molecule is COC1(Cc2cccc(F)c2O)CNC1. The van der Waals surface area contributed by atoms with Crippen molar-refractivity contribution in [3.63, 3.8) is 0 Å². The van der Waals surface area contributed by atoms with Crippen LogP contribution >= 0.6 is 0 Å². The Balaban J connectivity index is 2.20. The molecule has 1 aromatic rings. The van der Waals surface area contributed by atoms with Crippen molar-refractivity contribution in [1.82, 2.24) is 5.32 Å². The van der Waals surface area contributed by atoms with Crippen molar-refractivity contribution in [3.8, 4) is 5.75 Å². The van der Waals surface area contributed by atoms with Crippen LogP contribution in [-0.4, -0.2) is 30.9 Å². The lowest BCUT2D eigenvalue weighted by molar-refractivity contribution is -0.0505. The van der Waals surface area contributed by atoms with Gasteiger partial charge in [-0.2, -0.15) is 0 Å². The Hall–Kier alpha value is -1.13. The summed E-state index contributed by atoms with van der Waals surface area (Å²) in [6, 6.07) is 4.56. The maximum absolute atomic E-state index is 13.1. The maximum atomic E-state index is 13.1. The van der Waals surface area contributed by atoms with Gasteiger partial charge in [-0.3, -0.25) is 0 Å². The van der Waals surface area contributed by atoms with Gasteiger partial charge in [0.15, 0.2) is 11.6 Å². The fraction of sp³-hybridized carbons (Fsp3) is 0.455. The Morgan fingerprint density at radius 2 is 2.27 bits per heavy atom. The molecule has 1 heterocycles. The highest BCUT2D eigenvalue weighted by molar-refractivity contribution is 5.35. The molecule has 0 saturated carbocycles. The highest BCUT2D eigenvalue weighted by Crippen LogP contribution is 2.28. The highest BCUT2D eigenvalue weighted by Gasteiger charge is 2.37. The smallest absolute Gasteiger partial charge is 0.165 e. The van der Waals surface area contributed by atoms with Crippen LogP contribution in [0, 0.1) is 5.82 Å². The van der Waals surface area contributed by atoms with Crippen molar-refractivity contribution < 1.29 is 14.2 Å². The number of ether oxygens (including phenoxy) is 1. The number of benzene rings is 1. The normalized spacial score (nSPS) is 18.5. The minimum Gasteiger partial charge on any atom is -0.505 e. The molecule has 3 nitrogen and oxygen atoms in total. The first-order valence-corrected chi connectivity index (χ1v) is 4.89. The van der Waals surface area contributed by atoms with Crippen LogP contribution in [0.1, 0.15) is 5.56 Å². The van der Waals surface area contributed by atoms with Gasteiger partial charge in [-0.1, -0.05) is 12.1 Å². The standard InChI is InChI=1S/C11H14FNO2/c1-15-11(6-13-7-11)5-8-3-2-4-9(12)10(8)14/h2-4,13-14H,5-7H2,1H3. The number of phenols is 1. The molecule has 1 saturated heterocycles. The van der Waals surface area contributed by atoms with E-state index >= 15 is 0 Å². The van der Waals surface area contributed by atoms with E-state index in [2.05, 4.69) is 5.32 Å². The number of hydrogen-bond donors (Lipinski definition) is 2. The van der Waals surface area contributed by atoms with Gasteiger partial charge in [-0.25, -0.2) is 4.39 Å². The van der Waals surface area contributed by atoms with Gasteiger partial charge in [-0.15, -0.1) is 0 Å². The van der Waals surface area contributed by atoms with E-state index in [1.165, 1.54) is 6.07 Å². The number of phenolic OH excluding ortho intramolecular Hbond substituents is 1. The zero-order chi connectivity index (χ0) is 10.9. The van der Waals surface area contributed by atoms with Crippen molar-refractivity contribution in [1.29, 1.82) is 0 Å². The summed E-state index contributed by atoms with van der Waals surface area (Å²) in [5.41, 5.74) is 0.309. The molecule has 0 atom stereocenters. The lowest BCUT2D eigenvalue weighted by atomic mass is 9.88. The van der Waals surface area contributed by atoms with Gasteiger partial charge < -0.3 is 15.2 Å². The predicted octanol–water partition coefficient (Wildman–Crippen LogP) is 1.06. The highest BCUT2D eigenvalue weighted by atomic mass is 19.1. The molecule has 1 fully saturated rings. The second kappa shape index (κ2) is 3.79. The first-order valence-electron chi connectivity index (χ1n) is 4.89. The Morgan fingerprint density at radius 3 is 2.80 bits per heavy atom. The second-order valence-electron chi connectivity index (χ2n) is 3.92. The van der Waals surface area contributed by atoms with Crippen molar-refractivity contribution >= 4 is 0 Å². The van der Waals surface area contributed by atoms with Crippen molar-refractivity contribution in [2.45, 2.75) is 12.0 Å². The van der Waals surface area contributed by atoms with E-state index in [1.54, 1.807) is 19.2 Å². The summed E-state index contributed by atoms with van der Waals surface area (Å²) < 4.78 is 18.5. The molecule has 0 aromatic heterocycles. The van der Waals surface area contributed by atoms with Crippen LogP contribution in [0.15, 0.2) is 18.2 Å². The quantitative estimate of drug-likeness (QED) is 0.785. The molecular weight excluding hydrogens is 197 g/mol. The van der Waals surface area contributed by atoms with Crippen molar-refractivity contribution in [3.05, 3.63) is 29.6 Å². The molecule has 0 aliphatic carbocycles. The largest absolute Gasteiger partial charge is 0.505 e. The van der Waals surface area contributed by atoms with Crippen LogP contribution in [0.25, 0.3) is 0 Å². The number of aromatic hydroxyl groups is 1. The Kier molecular flexibility index (Phi) is 2.63. The third-order valence-corrected chi connectivity index (χ3v) is 2.91. The van der Waals surface area contributed by atoms with Gasteiger partial charge >= 0.3 is 0 Å². The summed E-state index contributed by atoms with van der Waals surface area (Å²) in [5.74, 6) is -0.841. The van der Waals surface area contributed by atoms with E-state index in [9.17, 15) is 9.50 Å². The molecule has 0 bridgehead atoms. The molecule has 15 heavy (non-hydrogen) atoms. The number of hydrogen-bond acceptors (Lipinski definition) is 3. The first-order chi connectivity index (χ1) is 7.17. The summed E-state index contributed by atoms with van der Waals surface area (Å²) >= 11 is 0. The number of methoxy groups -OCH3 is 1. The van der Waals surface area contributed by atoms with Gasteiger partial charge in [0.25, 0.3) is 0 Å². The Labute approximate surface area is 87.9 Å². The monoisotopic (exact) mass is 211 g/mol. The Morgan fingerprint density at radius 1 is 1.53 bits per heavy atom. The minimum absolute atomic E-state index is 0.263. The lowest BCUT2D eigenvalue weighted by Crippen LogP contribution is -2.61. The van der Waals surface area contributed by atoms with E-state index in [-0.39, 0.29) is 11.4 Å². The number of nitrogens with one attached hydrogen (secondary N) is 1. The van der Waals surface area contributed by atoms with Crippen LogP contribution in [0.3, 0.4) is 0 Å². The molecular formula is C11H14FNO2. The molecule has 82 valence electrons. The zero-order valence-electron chi connectivity index (χ0n) is 8.59. The molecule has 0 unspecified atom stereocenters. The average Bonchev–Trinajstić information content (AvgIpc) is 2.18. The van der Waals surface area contributed by atoms with Crippen LogP contribution in [0.2, 0.25) is 0 Å². The first kappa shape index (κ1) is 10.4. The van der Waals surface area contributed by atoms with Gasteiger partial charge in [0, 0.05) is 26.6 Å². The summed E-state index contributed by atoms with van der Waals surface area (Å²) in [7, 11) is 1.64. The number of halogens is 1. The average molecular weight is 211 g/mol.